The van der Waals surface area contributed by atoms with Gasteiger partial charge < -0.3 is 18.9 Å². The molecule has 2 unspecified atom stereocenters. The van der Waals surface area contributed by atoms with Crippen LogP contribution in [0.3, 0.4) is 0 Å². The lowest BCUT2D eigenvalue weighted by molar-refractivity contribution is -0.315. The third-order valence-corrected chi connectivity index (χ3v) is 11.9. The van der Waals surface area contributed by atoms with Crippen molar-refractivity contribution in [2.45, 2.75) is 169 Å². The van der Waals surface area contributed by atoms with Crippen LogP contribution < -0.4 is 0 Å². The Labute approximate surface area is 277 Å². The van der Waals surface area contributed by atoms with Crippen LogP contribution >= 0.6 is 23.5 Å². The van der Waals surface area contributed by atoms with Crippen molar-refractivity contribution in [3.05, 3.63) is 0 Å². The fourth-order valence-electron chi connectivity index (χ4n) is 6.12. The second kappa shape index (κ2) is 26.6. The van der Waals surface area contributed by atoms with Crippen molar-refractivity contribution in [3.8, 4) is 0 Å². The summed E-state index contributed by atoms with van der Waals surface area (Å²) >= 11 is 4.14. The van der Waals surface area contributed by atoms with Gasteiger partial charge in [0.1, 0.15) is 0 Å². The second-order valence-electron chi connectivity index (χ2n) is 13.9. The zero-order valence-corrected chi connectivity index (χ0v) is 30.7. The fourth-order valence-corrected chi connectivity index (χ4v) is 8.33. The summed E-state index contributed by atoms with van der Waals surface area (Å²) in [6.07, 6.45) is 27.9. The quantitative estimate of drug-likeness (QED) is 0.0789. The average molecular weight is 645 g/mol. The summed E-state index contributed by atoms with van der Waals surface area (Å²) in [6, 6.07) is 0. The molecule has 0 amide bonds. The molecule has 6 heteroatoms. The summed E-state index contributed by atoms with van der Waals surface area (Å²) in [5.41, 5.74) is -0.140. The third-order valence-electron chi connectivity index (χ3n) is 9.19. The van der Waals surface area contributed by atoms with Gasteiger partial charge in [0.2, 0.25) is 0 Å². The molecule has 0 aliphatic carbocycles. The van der Waals surface area contributed by atoms with Crippen LogP contribution in [-0.2, 0) is 18.9 Å². The van der Waals surface area contributed by atoms with E-state index in [0.717, 1.165) is 11.5 Å². The average Bonchev–Trinajstić information content (AvgIpc) is 3.02. The van der Waals surface area contributed by atoms with Gasteiger partial charge in [0, 0.05) is 23.3 Å². The van der Waals surface area contributed by atoms with Gasteiger partial charge in [-0.15, -0.1) is 0 Å². The van der Waals surface area contributed by atoms with E-state index >= 15 is 0 Å². The molecule has 256 valence electrons. The zero-order chi connectivity index (χ0) is 30.9. The minimum absolute atomic E-state index is 0.0929. The minimum atomic E-state index is -0.140. The standard InChI is InChI=1S/C37H72O4S2/c1-5-7-9-11-13-15-17-19-21-23-25-42-27-33(3)35-38-29-37(30-39-35)31-40-36(41-32-37)34(4)28-43-26-24-22-20-18-16-14-12-10-8-6-2/h33-36H,5-32H2,1-4H3. The van der Waals surface area contributed by atoms with Gasteiger partial charge in [0.05, 0.1) is 31.8 Å². The highest BCUT2D eigenvalue weighted by Gasteiger charge is 2.43. The van der Waals surface area contributed by atoms with E-state index in [1.807, 2.05) is 0 Å². The van der Waals surface area contributed by atoms with Crippen molar-refractivity contribution in [3.63, 3.8) is 0 Å². The summed E-state index contributed by atoms with van der Waals surface area (Å²) in [7, 11) is 0. The first-order valence-corrected chi connectivity index (χ1v) is 21.0. The number of hydrogen-bond acceptors (Lipinski definition) is 6. The van der Waals surface area contributed by atoms with Crippen LogP contribution in [0.15, 0.2) is 0 Å². The molecular formula is C37H72O4S2. The topological polar surface area (TPSA) is 36.9 Å². The second-order valence-corrected chi connectivity index (χ2v) is 16.2. The molecule has 2 saturated heterocycles. The molecule has 2 aliphatic heterocycles. The minimum Gasteiger partial charge on any atom is -0.352 e. The highest BCUT2D eigenvalue weighted by molar-refractivity contribution is 7.99. The van der Waals surface area contributed by atoms with Crippen LogP contribution in [0, 0.1) is 17.3 Å². The predicted molar refractivity (Wildman–Crippen MR) is 190 cm³/mol. The van der Waals surface area contributed by atoms with Gasteiger partial charge in [-0.1, -0.05) is 143 Å². The third kappa shape index (κ3) is 19.1. The zero-order valence-electron chi connectivity index (χ0n) is 29.1. The number of ether oxygens (including phenoxy) is 4. The maximum absolute atomic E-state index is 6.24. The Bertz CT molecular complexity index is 550. The van der Waals surface area contributed by atoms with Gasteiger partial charge in [-0.2, -0.15) is 23.5 Å². The Kier molecular flexibility index (Phi) is 24.6. The monoisotopic (exact) mass is 644 g/mol. The molecule has 0 N–H and O–H groups in total. The molecule has 0 radical (unpaired) electrons. The molecular weight excluding hydrogens is 573 g/mol. The summed E-state index contributed by atoms with van der Waals surface area (Å²) in [6.45, 7) is 11.8. The Morgan fingerprint density at radius 2 is 0.744 bits per heavy atom. The highest BCUT2D eigenvalue weighted by Crippen LogP contribution is 2.34. The van der Waals surface area contributed by atoms with E-state index in [2.05, 4.69) is 51.2 Å². The molecule has 0 aromatic rings. The lowest BCUT2D eigenvalue weighted by Crippen LogP contribution is -2.54. The first-order valence-electron chi connectivity index (χ1n) is 18.7. The van der Waals surface area contributed by atoms with E-state index in [9.17, 15) is 0 Å². The molecule has 43 heavy (non-hydrogen) atoms. The largest absolute Gasteiger partial charge is 0.352 e. The molecule has 1 spiro atoms. The molecule has 0 bridgehead atoms. The van der Waals surface area contributed by atoms with Gasteiger partial charge in [-0.25, -0.2) is 0 Å². The summed E-state index contributed by atoms with van der Waals surface area (Å²) < 4.78 is 24.9. The van der Waals surface area contributed by atoms with E-state index < -0.39 is 0 Å². The van der Waals surface area contributed by atoms with Crippen molar-refractivity contribution in [1.29, 1.82) is 0 Å². The lowest BCUT2D eigenvalue weighted by atomic mass is 9.90. The van der Waals surface area contributed by atoms with E-state index in [0.29, 0.717) is 38.3 Å². The molecule has 0 aromatic heterocycles. The van der Waals surface area contributed by atoms with Gasteiger partial charge in [-0.3, -0.25) is 0 Å². The predicted octanol–water partition coefficient (Wildman–Crippen LogP) is 11.3. The smallest absolute Gasteiger partial charge is 0.160 e. The van der Waals surface area contributed by atoms with Gasteiger partial charge in [0.15, 0.2) is 12.6 Å². The lowest BCUT2D eigenvalue weighted by Gasteiger charge is -2.45. The molecule has 2 atom stereocenters. The first-order chi connectivity index (χ1) is 21.1. The molecule has 0 saturated carbocycles. The first kappa shape index (κ1) is 39.7. The van der Waals surface area contributed by atoms with Crippen molar-refractivity contribution in [2.24, 2.45) is 17.3 Å². The molecule has 2 heterocycles. The number of thioether (sulfide) groups is 2. The summed E-state index contributed by atoms with van der Waals surface area (Å²) in [5, 5.41) is 0. The van der Waals surface area contributed by atoms with E-state index in [4.69, 9.17) is 18.9 Å². The molecule has 2 rings (SSSR count). The van der Waals surface area contributed by atoms with E-state index in [1.165, 1.54) is 140 Å². The van der Waals surface area contributed by atoms with Crippen molar-refractivity contribution in [1.82, 2.24) is 0 Å². The number of hydrogen-bond donors (Lipinski definition) is 0. The van der Waals surface area contributed by atoms with Crippen LogP contribution in [0.2, 0.25) is 0 Å². The fraction of sp³-hybridized carbons (Fsp3) is 1.00. The van der Waals surface area contributed by atoms with Crippen LogP contribution in [-0.4, -0.2) is 62.0 Å². The molecule has 2 aliphatic rings. The number of rotatable bonds is 28. The van der Waals surface area contributed by atoms with E-state index in [-0.39, 0.29) is 18.0 Å². The normalized spacial score (nSPS) is 24.0. The maximum Gasteiger partial charge on any atom is 0.160 e. The molecule has 0 aromatic carbocycles. The molecule has 4 nitrogen and oxygen atoms in total. The Morgan fingerprint density at radius 3 is 1.05 bits per heavy atom. The van der Waals surface area contributed by atoms with Gasteiger partial charge in [0.25, 0.3) is 0 Å². The number of unbranched alkanes of at least 4 members (excludes halogenated alkanes) is 18. The summed E-state index contributed by atoms with van der Waals surface area (Å²) in [4.78, 5) is 0. The highest BCUT2D eigenvalue weighted by atomic mass is 32.2. The van der Waals surface area contributed by atoms with E-state index in [1.54, 1.807) is 0 Å². The molecule has 2 fully saturated rings. The van der Waals surface area contributed by atoms with Crippen LogP contribution in [0.25, 0.3) is 0 Å². The van der Waals surface area contributed by atoms with Crippen LogP contribution in [0.1, 0.15) is 156 Å². The van der Waals surface area contributed by atoms with Crippen LogP contribution in [0.4, 0.5) is 0 Å². The van der Waals surface area contributed by atoms with Crippen molar-refractivity contribution in [2.75, 3.05) is 49.4 Å². The van der Waals surface area contributed by atoms with Crippen molar-refractivity contribution < 1.29 is 18.9 Å². The van der Waals surface area contributed by atoms with Gasteiger partial charge in [-0.05, 0) is 24.3 Å². The van der Waals surface area contributed by atoms with Gasteiger partial charge >= 0.3 is 0 Å². The van der Waals surface area contributed by atoms with Crippen LogP contribution in [0.5, 0.6) is 0 Å². The Balaban J connectivity index is 1.41. The summed E-state index contributed by atoms with van der Waals surface area (Å²) in [5.74, 6) is 5.57. The SMILES string of the molecule is CCCCCCCCCCCCSCC(C)C1OCC2(CO1)COC(C(C)CSCCCCCCCCCCCC)OC2. The Morgan fingerprint density at radius 1 is 0.465 bits per heavy atom. The Hall–Kier alpha value is 0.540. The maximum atomic E-state index is 6.24. The van der Waals surface area contributed by atoms with Crippen molar-refractivity contribution >= 4 is 23.5 Å².